The van der Waals surface area contributed by atoms with Crippen molar-refractivity contribution in [2.24, 2.45) is 5.73 Å². The van der Waals surface area contributed by atoms with Crippen molar-refractivity contribution in [3.63, 3.8) is 0 Å². The maximum atomic E-state index is 12.9. The predicted octanol–water partition coefficient (Wildman–Crippen LogP) is 3.09. The lowest BCUT2D eigenvalue weighted by molar-refractivity contribution is 0.0996. The van der Waals surface area contributed by atoms with E-state index in [2.05, 4.69) is 30.0 Å². The zero-order valence-electron chi connectivity index (χ0n) is 17.0. The predicted molar refractivity (Wildman–Crippen MR) is 118 cm³/mol. The molecular weight excluding hydrogens is 406 g/mol. The molecule has 1 saturated carbocycles. The van der Waals surface area contributed by atoms with E-state index in [4.69, 9.17) is 5.73 Å². The summed E-state index contributed by atoms with van der Waals surface area (Å²) in [6, 6.07) is 12.9. The second kappa shape index (κ2) is 8.03. The Morgan fingerprint density at radius 2 is 1.91 bits per heavy atom. The molecular formula is C23H19N7O2. The van der Waals surface area contributed by atoms with Gasteiger partial charge in [-0.3, -0.25) is 19.6 Å². The molecule has 9 heteroatoms. The van der Waals surface area contributed by atoms with Gasteiger partial charge in [-0.05, 0) is 48.7 Å². The fraction of sp³-hybridized carbons (Fsp3) is 0.130. The van der Waals surface area contributed by atoms with Gasteiger partial charge in [-0.2, -0.15) is 0 Å². The van der Waals surface area contributed by atoms with Gasteiger partial charge in [0, 0.05) is 41.4 Å². The number of carbonyl (C=O) groups is 2. The van der Waals surface area contributed by atoms with Crippen molar-refractivity contribution in [1.29, 1.82) is 0 Å². The van der Waals surface area contributed by atoms with Crippen LogP contribution in [0, 0.1) is 0 Å². The zero-order chi connectivity index (χ0) is 22.1. The summed E-state index contributed by atoms with van der Waals surface area (Å²) >= 11 is 0. The Hall–Kier alpha value is -4.40. The van der Waals surface area contributed by atoms with Crippen LogP contribution in [0.5, 0.6) is 0 Å². The first-order valence-corrected chi connectivity index (χ1v) is 10.1. The molecule has 1 aliphatic rings. The number of nitrogens with one attached hydrogen (secondary N) is 1. The summed E-state index contributed by atoms with van der Waals surface area (Å²) in [5.41, 5.74) is 8.74. The maximum Gasteiger partial charge on any atom is 0.274 e. The van der Waals surface area contributed by atoms with E-state index in [1.165, 1.54) is 12.4 Å². The average Bonchev–Trinajstić information content (AvgIpc) is 3.55. The number of hydrogen-bond donors (Lipinski definition) is 2. The Morgan fingerprint density at radius 3 is 2.72 bits per heavy atom. The topological polar surface area (TPSA) is 129 Å². The first-order chi connectivity index (χ1) is 15.6. The fourth-order valence-corrected chi connectivity index (χ4v) is 3.47. The van der Waals surface area contributed by atoms with E-state index in [1.54, 1.807) is 30.7 Å². The number of benzene rings is 1. The summed E-state index contributed by atoms with van der Waals surface area (Å²) in [5, 5.41) is 11.2. The summed E-state index contributed by atoms with van der Waals surface area (Å²) in [4.78, 5) is 32.5. The van der Waals surface area contributed by atoms with Gasteiger partial charge in [0.2, 0.25) is 5.91 Å². The van der Waals surface area contributed by atoms with Crippen LogP contribution >= 0.6 is 0 Å². The number of pyridine rings is 2. The number of aromatic nitrogens is 5. The minimum Gasteiger partial charge on any atom is -0.366 e. The highest BCUT2D eigenvalue weighted by Crippen LogP contribution is 2.37. The third-order valence-electron chi connectivity index (χ3n) is 5.24. The van der Waals surface area contributed by atoms with Crippen LogP contribution in [0.2, 0.25) is 0 Å². The molecule has 158 valence electrons. The minimum absolute atomic E-state index is 0.235. The summed E-state index contributed by atoms with van der Waals surface area (Å²) in [7, 11) is 0. The number of rotatable bonds is 6. The SMILES string of the molecule is NC(=O)c1cncc(-c2ccnc(C(=O)Nc3cccc(-c4nncn4C4CC4)c3)c2)c1. The molecule has 9 nitrogen and oxygen atoms in total. The summed E-state index contributed by atoms with van der Waals surface area (Å²) < 4.78 is 2.07. The standard InChI is InChI=1S/C23H19N7O2/c24-21(31)17-8-16(11-25-12-17)14-6-7-26-20(10-14)23(32)28-18-3-1-2-15(9-18)22-29-27-13-30(22)19-4-5-19/h1-3,6-13,19H,4-5H2,(H2,24,31)(H,28,32). The van der Waals surface area contributed by atoms with Crippen molar-refractivity contribution >= 4 is 17.5 Å². The number of hydrogen-bond acceptors (Lipinski definition) is 6. The molecule has 0 spiro atoms. The number of nitrogens with two attached hydrogens (primary N) is 1. The molecule has 1 aliphatic carbocycles. The summed E-state index contributed by atoms with van der Waals surface area (Å²) in [6.07, 6.45) is 8.54. The quantitative estimate of drug-likeness (QED) is 0.488. The Bertz CT molecular complexity index is 1330. The first kappa shape index (κ1) is 19.6. The van der Waals surface area contributed by atoms with Gasteiger partial charge >= 0.3 is 0 Å². The van der Waals surface area contributed by atoms with Gasteiger partial charge in [-0.25, -0.2) is 0 Å². The molecule has 1 aromatic carbocycles. The number of primary amides is 1. The summed E-state index contributed by atoms with van der Waals surface area (Å²) in [6.45, 7) is 0. The van der Waals surface area contributed by atoms with Gasteiger partial charge in [0.15, 0.2) is 5.82 Å². The molecule has 5 rings (SSSR count). The molecule has 1 fully saturated rings. The van der Waals surface area contributed by atoms with Crippen molar-refractivity contribution in [1.82, 2.24) is 24.7 Å². The van der Waals surface area contributed by atoms with Gasteiger partial charge < -0.3 is 15.6 Å². The van der Waals surface area contributed by atoms with Crippen LogP contribution in [0.4, 0.5) is 5.69 Å². The van der Waals surface area contributed by atoms with Crippen LogP contribution in [0.1, 0.15) is 39.7 Å². The van der Waals surface area contributed by atoms with Gasteiger partial charge in [0.1, 0.15) is 12.0 Å². The lowest BCUT2D eigenvalue weighted by Gasteiger charge is -2.09. The van der Waals surface area contributed by atoms with Gasteiger partial charge in [0.25, 0.3) is 5.91 Å². The Labute approximate surface area is 183 Å². The van der Waals surface area contributed by atoms with Crippen LogP contribution in [0.3, 0.4) is 0 Å². The zero-order valence-corrected chi connectivity index (χ0v) is 17.0. The van der Waals surface area contributed by atoms with E-state index in [1.807, 2.05) is 24.3 Å². The molecule has 0 radical (unpaired) electrons. The highest BCUT2D eigenvalue weighted by Gasteiger charge is 2.26. The molecule has 2 amide bonds. The third kappa shape index (κ3) is 3.95. The second-order valence-corrected chi connectivity index (χ2v) is 7.58. The lowest BCUT2D eigenvalue weighted by atomic mass is 10.1. The Kier molecular flexibility index (Phi) is 4.91. The fourth-order valence-electron chi connectivity index (χ4n) is 3.47. The third-order valence-corrected chi connectivity index (χ3v) is 5.24. The van der Waals surface area contributed by atoms with Crippen LogP contribution in [-0.2, 0) is 0 Å². The molecule has 0 bridgehead atoms. The van der Waals surface area contributed by atoms with E-state index < -0.39 is 5.91 Å². The van der Waals surface area contributed by atoms with Crippen molar-refractivity contribution in [2.75, 3.05) is 5.32 Å². The second-order valence-electron chi connectivity index (χ2n) is 7.58. The molecule has 4 aromatic rings. The molecule has 0 saturated heterocycles. The molecule has 0 aliphatic heterocycles. The van der Waals surface area contributed by atoms with Crippen LogP contribution in [0.15, 0.2) is 67.4 Å². The van der Waals surface area contributed by atoms with E-state index in [-0.39, 0.29) is 11.6 Å². The summed E-state index contributed by atoms with van der Waals surface area (Å²) in [5.74, 6) is -0.138. The van der Waals surface area contributed by atoms with Crippen LogP contribution in [-0.4, -0.2) is 36.5 Å². The molecule has 3 aromatic heterocycles. The van der Waals surface area contributed by atoms with Crippen LogP contribution in [0.25, 0.3) is 22.5 Å². The van der Waals surface area contributed by atoms with E-state index in [9.17, 15) is 9.59 Å². The Balaban J connectivity index is 1.38. The maximum absolute atomic E-state index is 12.9. The highest BCUT2D eigenvalue weighted by molar-refractivity contribution is 6.03. The average molecular weight is 425 g/mol. The molecule has 0 unspecified atom stereocenters. The number of amides is 2. The van der Waals surface area contributed by atoms with Crippen molar-refractivity contribution in [2.45, 2.75) is 18.9 Å². The number of anilines is 1. The van der Waals surface area contributed by atoms with E-state index >= 15 is 0 Å². The first-order valence-electron chi connectivity index (χ1n) is 10.1. The molecule has 3 heterocycles. The molecule has 32 heavy (non-hydrogen) atoms. The number of nitrogens with zero attached hydrogens (tertiary/aromatic N) is 5. The van der Waals surface area contributed by atoms with Crippen molar-refractivity contribution in [3.8, 4) is 22.5 Å². The Morgan fingerprint density at radius 1 is 1.03 bits per heavy atom. The lowest BCUT2D eigenvalue weighted by Crippen LogP contribution is -2.14. The smallest absolute Gasteiger partial charge is 0.274 e. The van der Waals surface area contributed by atoms with Crippen LogP contribution < -0.4 is 11.1 Å². The van der Waals surface area contributed by atoms with Gasteiger partial charge in [-0.15, -0.1) is 10.2 Å². The highest BCUT2D eigenvalue weighted by atomic mass is 16.2. The van der Waals surface area contributed by atoms with Gasteiger partial charge in [-0.1, -0.05) is 12.1 Å². The number of carbonyl (C=O) groups excluding carboxylic acids is 2. The largest absolute Gasteiger partial charge is 0.366 e. The van der Waals surface area contributed by atoms with Crippen molar-refractivity contribution in [3.05, 3.63) is 78.6 Å². The monoisotopic (exact) mass is 425 g/mol. The van der Waals surface area contributed by atoms with E-state index in [0.29, 0.717) is 28.4 Å². The molecule has 3 N–H and O–H groups in total. The normalized spacial score (nSPS) is 13.0. The van der Waals surface area contributed by atoms with E-state index in [0.717, 1.165) is 24.2 Å². The molecule has 0 atom stereocenters. The van der Waals surface area contributed by atoms with Crippen molar-refractivity contribution < 1.29 is 9.59 Å². The minimum atomic E-state index is -0.566. The van der Waals surface area contributed by atoms with Gasteiger partial charge in [0.05, 0.1) is 5.56 Å².